The summed E-state index contributed by atoms with van der Waals surface area (Å²) in [6.07, 6.45) is 1.04. The maximum atomic E-state index is 12.1. The van der Waals surface area contributed by atoms with Gasteiger partial charge in [-0.15, -0.1) is 10.2 Å². The van der Waals surface area contributed by atoms with Gasteiger partial charge < -0.3 is 10.6 Å². The van der Waals surface area contributed by atoms with Crippen molar-refractivity contribution >= 4 is 40.6 Å². The Hall–Kier alpha value is -1.85. The molecule has 1 aromatic heterocycles. The number of hydrogen-bond donors (Lipinski definition) is 2. The summed E-state index contributed by atoms with van der Waals surface area (Å²) in [6.45, 7) is 5.13. The van der Waals surface area contributed by atoms with Crippen molar-refractivity contribution < 1.29 is 4.79 Å². The zero-order chi connectivity index (χ0) is 16.8. The van der Waals surface area contributed by atoms with Gasteiger partial charge in [-0.2, -0.15) is 0 Å². The molecule has 0 saturated heterocycles. The topological polar surface area (TPSA) is 66.9 Å². The van der Waals surface area contributed by atoms with Crippen LogP contribution in [0.15, 0.2) is 30.3 Å². The molecule has 23 heavy (non-hydrogen) atoms. The van der Waals surface area contributed by atoms with Crippen molar-refractivity contribution in [2.75, 3.05) is 17.2 Å². The molecule has 1 amide bonds. The normalized spacial score (nSPS) is 10.7. The number of amides is 1. The lowest BCUT2D eigenvalue weighted by atomic mass is 10.1. The molecular weight excluding hydrogens is 335 g/mol. The predicted molar refractivity (Wildman–Crippen MR) is 94.4 cm³/mol. The summed E-state index contributed by atoms with van der Waals surface area (Å²) in [5, 5.41) is 14.6. The summed E-state index contributed by atoms with van der Waals surface area (Å²) in [7, 11) is 0. The second-order valence-corrected chi connectivity index (χ2v) is 6.34. The first kappa shape index (κ1) is 17.5. The summed E-state index contributed by atoms with van der Waals surface area (Å²) in [5.74, 6) is 0.881. The quantitative estimate of drug-likeness (QED) is 0.803. The van der Waals surface area contributed by atoms with Crippen LogP contribution in [0.25, 0.3) is 0 Å². The van der Waals surface area contributed by atoms with Gasteiger partial charge in [-0.3, -0.25) is 4.79 Å². The summed E-state index contributed by atoms with van der Waals surface area (Å²) >= 11 is 11.8. The smallest absolute Gasteiger partial charge is 0.276 e. The lowest BCUT2D eigenvalue weighted by molar-refractivity contribution is 0.102. The lowest BCUT2D eigenvalue weighted by Gasteiger charge is -2.08. The summed E-state index contributed by atoms with van der Waals surface area (Å²) < 4.78 is 0. The van der Waals surface area contributed by atoms with Gasteiger partial charge in [0.25, 0.3) is 5.91 Å². The van der Waals surface area contributed by atoms with Crippen LogP contribution >= 0.6 is 23.2 Å². The first-order valence-electron chi connectivity index (χ1n) is 7.29. The van der Waals surface area contributed by atoms with Gasteiger partial charge in [-0.05, 0) is 42.7 Å². The van der Waals surface area contributed by atoms with Crippen LogP contribution in [0.2, 0.25) is 10.0 Å². The molecule has 0 aliphatic rings. The van der Waals surface area contributed by atoms with E-state index in [-0.39, 0.29) is 11.6 Å². The molecule has 2 aromatic rings. The fraction of sp³-hybridized carbons (Fsp3) is 0.312. The van der Waals surface area contributed by atoms with E-state index in [1.54, 1.807) is 30.3 Å². The number of carbonyl (C=O) groups excluding carboxylic acids is 1. The highest BCUT2D eigenvalue weighted by Crippen LogP contribution is 2.25. The monoisotopic (exact) mass is 352 g/mol. The first-order valence-corrected chi connectivity index (χ1v) is 8.05. The minimum atomic E-state index is -0.379. The molecule has 0 saturated carbocycles. The molecule has 1 aromatic carbocycles. The van der Waals surface area contributed by atoms with Crippen LogP contribution in [0.1, 0.15) is 30.8 Å². The van der Waals surface area contributed by atoms with E-state index < -0.39 is 0 Å². The largest absolute Gasteiger partial charge is 0.369 e. The molecule has 2 rings (SSSR count). The number of nitrogens with zero attached hydrogens (tertiary/aromatic N) is 2. The SMILES string of the molecule is CC(C)CCNc1ccc(C(=O)Nc2ccc(Cl)cc2Cl)nn1. The number of carbonyl (C=O) groups is 1. The first-order chi connectivity index (χ1) is 11.0. The summed E-state index contributed by atoms with van der Waals surface area (Å²) in [6, 6.07) is 8.19. The average Bonchev–Trinajstić information content (AvgIpc) is 2.50. The molecule has 0 bridgehead atoms. The molecule has 1 heterocycles. The molecule has 0 aliphatic carbocycles. The van der Waals surface area contributed by atoms with Crippen LogP contribution in [0, 0.1) is 5.92 Å². The van der Waals surface area contributed by atoms with E-state index in [2.05, 4.69) is 34.7 Å². The van der Waals surface area contributed by atoms with Crippen molar-refractivity contribution in [2.24, 2.45) is 5.92 Å². The van der Waals surface area contributed by atoms with Crippen LogP contribution in [0.4, 0.5) is 11.5 Å². The van der Waals surface area contributed by atoms with Gasteiger partial charge in [0, 0.05) is 11.6 Å². The minimum Gasteiger partial charge on any atom is -0.369 e. The molecule has 0 fully saturated rings. The van der Waals surface area contributed by atoms with Gasteiger partial charge >= 0.3 is 0 Å². The number of hydrogen-bond acceptors (Lipinski definition) is 4. The Morgan fingerprint density at radius 2 is 1.96 bits per heavy atom. The molecule has 0 spiro atoms. The highest BCUT2D eigenvalue weighted by molar-refractivity contribution is 6.36. The van der Waals surface area contributed by atoms with Gasteiger partial charge in [-0.25, -0.2) is 0 Å². The van der Waals surface area contributed by atoms with Crippen LogP contribution in [0.3, 0.4) is 0 Å². The van der Waals surface area contributed by atoms with E-state index in [1.807, 2.05) is 0 Å². The Balaban J connectivity index is 1.97. The third-order valence-electron chi connectivity index (χ3n) is 3.10. The van der Waals surface area contributed by atoms with Crippen LogP contribution in [-0.2, 0) is 0 Å². The molecule has 0 atom stereocenters. The Morgan fingerprint density at radius 3 is 2.57 bits per heavy atom. The molecule has 0 radical (unpaired) electrons. The maximum Gasteiger partial charge on any atom is 0.276 e. The fourth-order valence-electron chi connectivity index (χ4n) is 1.81. The maximum absolute atomic E-state index is 12.1. The number of aromatic nitrogens is 2. The number of anilines is 2. The predicted octanol–water partition coefficient (Wildman–Crippen LogP) is 4.49. The van der Waals surface area contributed by atoms with Gasteiger partial charge in [-0.1, -0.05) is 37.0 Å². The zero-order valence-corrected chi connectivity index (χ0v) is 14.4. The number of halogens is 2. The highest BCUT2D eigenvalue weighted by Gasteiger charge is 2.11. The van der Waals surface area contributed by atoms with Crippen molar-refractivity contribution in [3.63, 3.8) is 0 Å². The Kier molecular flexibility index (Phi) is 6.19. The third-order valence-corrected chi connectivity index (χ3v) is 3.65. The average molecular weight is 353 g/mol. The second-order valence-electron chi connectivity index (χ2n) is 5.49. The lowest BCUT2D eigenvalue weighted by Crippen LogP contribution is -2.15. The Bertz CT molecular complexity index is 674. The van der Waals surface area contributed by atoms with E-state index in [0.717, 1.165) is 13.0 Å². The number of nitrogens with one attached hydrogen (secondary N) is 2. The summed E-state index contributed by atoms with van der Waals surface area (Å²) in [4.78, 5) is 12.1. The van der Waals surface area contributed by atoms with E-state index in [9.17, 15) is 4.79 Å². The fourth-order valence-corrected chi connectivity index (χ4v) is 2.27. The molecule has 5 nitrogen and oxygen atoms in total. The second kappa shape index (κ2) is 8.13. The third kappa shape index (κ3) is 5.37. The zero-order valence-electron chi connectivity index (χ0n) is 12.9. The summed E-state index contributed by atoms with van der Waals surface area (Å²) in [5.41, 5.74) is 0.687. The van der Waals surface area contributed by atoms with Crippen molar-refractivity contribution in [2.45, 2.75) is 20.3 Å². The minimum absolute atomic E-state index is 0.213. The molecule has 0 aliphatic heterocycles. The molecule has 0 unspecified atom stereocenters. The van der Waals surface area contributed by atoms with E-state index in [4.69, 9.17) is 23.2 Å². The van der Waals surface area contributed by atoms with Gasteiger partial charge in [0.1, 0.15) is 5.82 Å². The molecule has 122 valence electrons. The van der Waals surface area contributed by atoms with E-state index >= 15 is 0 Å². The van der Waals surface area contributed by atoms with Crippen molar-refractivity contribution in [3.8, 4) is 0 Å². The van der Waals surface area contributed by atoms with Crippen molar-refractivity contribution in [1.29, 1.82) is 0 Å². The van der Waals surface area contributed by atoms with E-state index in [0.29, 0.717) is 27.5 Å². The number of benzene rings is 1. The molecule has 2 N–H and O–H groups in total. The Morgan fingerprint density at radius 1 is 1.17 bits per heavy atom. The van der Waals surface area contributed by atoms with Crippen molar-refractivity contribution in [3.05, 3.63) is 46.1 Å². The van der Waals surface area contributed by atoms with Crippen LogP contribution in [0.5, 0.6) is 0 Å². The standard InChI is InChI=1S/C16H18Cl2N4O/c1-10(2)7-8-19-15-6-5-14(21-22-15)16(23)20-13-4-3-11(17)9-12(13)18/h3-6,9-10H,7-8H2,1-2H3,(H,19,22)(H,20,23). The van der Waals surface area contributed by atoms with Crippen LogP contribution < -0.4 is 10.6 Å². The number of rotatable bonds is 6. The van der Waals surface area contributed by atoms with Gasteiger partial charge in [0.05, 0.1) is 10.7 Å². The molecule has 7 heteroatoms. The Labute approximate surface area is 145 Å². The van der Waals surface area contributed by atoms with Gasteiger partial charge in [0.2, 0.25) is 0 Å². The van der Waals surface area contributed by atoms with Crippen molar-refractivity contribution in [1.82, 2.24) is 10.2 Å². The van der Waals surface area contributed by atoms with Gasteiger partial charge in [0.15, 0.2) is 5.69 Å². The molecular formula is C16H18Cl2N4O. The van der Waals surface area contributed by atoms with Crippen LogP contribution in [-0.4, -0.2) is 22.6 Å². The van der Waals surface area contributed by atoms with E-state index in [1.165, 1.54) is 0 Å². The highest BCUT2D eigenvalue weighted by atomic mass is 35.5.